The van der Waals surface area contributed by atoms with Crippen LogP contribution >= 0.6 is 0 Å². The van der Waals surface area contributed by atoms with Crippen LogP contribution in [0, 0.1) is 18.3 Å². The van der Waals surface area contributed by atoms with Crippen molar-refractivity contribution in [3.05, 3.63) is 53.6 Å². The highest BCUT2D eigenvalue weighted by Gasteiger charge is 2.19. The van der Waals surface area contributed by atoms with Gasteiger partial charge in [0, 0.05) is 6.54 Å². The van der Waals surface area contributed by atoms with E-state index in [1.807, 2.05) is 6.92 Å². The largest absolute Gasteiger partial charge is 0.454 e. The number of ether oxygens (including phenoxy) is 2. The van der Waals surface area contributed by atoms with Gasteiger partial charge in [-0.05, 0) is 43.2 Å². The van der Waals surface area contributed by atoms with E-state index in [0.29, 0.717) is 17.9 Å². The van der Waals surface area contributed by atoms with Crippen LogP contribution in [-0.4, -0.2) is 21.8 Å². The van der Waals surface area contributed by atoms with Crippen molar-refractivity contribution in [2.75, 3.05) is 13.3 Å². The Hall–Kier alpha value is -2.56. The fourth-order valence-corrected chi connectivity index (χ4v) is 3.62. The smallest absolute Gasteiger partial charge is 0.240 e. The Labute approximate surface area is 147 Å². The van der Waals surface area contributed by atoms with E-state index in [9.17, 15) is 13.7 Å². The molecule has 25 heavy (non-hydrogen) atoms. The van der Waals surface area contributed by atoms with Crippen LogP contribution in [-0.2, 0) is 10.0 Å². The van der Waals surface area contributed by atoms with E-state index in [4.69, 9.17) is 9.47 Å². The summed E-state index contributed by atoms with van der Waals surface area (Å²) in [4.78, 5) is 0.217. The monoisotopic (exact) mass is 358 g/mol. The minimum atomic E-state index is -3.58. The van der Waals surface area contributed by atoms with Gasteiger partial charge in [-0.3, -0.25) is 0 Å². The SMILES string of the molecule is Cc1ccc(S(=O)(=O)NCCC(C#N)c2ccc3c(c2)OCO3)cc1. The highest BCUT2D eigenvalue weighted by molar-refractivity contribution is 7.89. The van der Waals surface area contributed by atoms with Gasteiger partial charge in [0.1, 0.15) is 0 Å². The van der Waals surface area contributed by atoms with Gasteiger partial charge in [-0.15, -0.1) is 0 Å². The molecule has 0 radical (unpaired) electrons. The molecule has 1 aliphatic rings. The lowest BCUT2D eigenvalue weighted by atomic mass is 9.97. The number of rotatable bonds is 6. The summed E-state index contributed by atoms with van der Waals surface area (Å²) in [6.45, 7) is 2.24. The first-order valence-electron chi connectivity index (χ1n) is 7.85. The van der Waals surface area contributed by atoms with Gasteiger partial charge in [-0.1, -0.05) is 23.8 Å². The highest BCUT2D eigenvalue weighted by atomic mass is 32.2. The highest BCUT2D eigenvalue weighted by Crippen LogP contribution is 2.35. The van der Waals surface area contributed by atoms with Gasteiger partial charge in [0.25, 0.3) is 0 Å². The van der Waals surface area contributed by atoms with Gasteiger partial charge in [0.05, 0.1) is 16.9 Å². The summed E-state index contributed by atoms with van der Waals surface area (Å²) in [7, 11) is -3.58. The van der Waals surface area contributed by atoms with Gasteiger partial charge in [0.15, 0.2) is 11.5 Å². The molecule has 0 aliphatic carbocycles. The molecule has 1 aliphatic heterocycles. The van der Waals surface area contributed by atoms with Crippen LogP contribution in [0.15, 0.2) is 47.4 Å². The quantitative estimate of drug-likeness (QED) is 0.858. The average molecular weight is 358 g/mol. The van der Waals surface area contributed by atoms with Crippen molar-refractivity contribution in [2.24, 2.45) is 0 Å². The van der Waals surface area contributed by atoms with E-state index in [2.05, 4.69) is 10.8 Å². The molecule has 0 saturated heterocycles. The third kappa shape index (κ3) is 3.92. The Kier molecular flexibility index (Phi) is 4.93. The molecule has 0 spiro atoms. The molecule has 1 atom stereocenters. The first-order valence-corrected chi connectivity index (χ1v) is 9.33. The second kappa shape index (κ2) is 7.13. The predicted octanol–water partition coefficient (Wildman–Crippen LogP) is 2.70. The minimum Gasteiger partial charge on any atom is -0.454 e. The van der Waals surface area contributed by atoms with Gasteiger partial charge >= 0.3 is 0 Å². The van der Waals surface area contributed by atoms with Crippen LogP contribution in [0.3, 0.4) is 0 Å². The third-order valence-electron chi connectivity index (χ3n) is 4.01. The second-order valence-electron chi connectivity index (χ2n) is 5.79. The summed E-state index contributed by atoms with van der Waals surface area (Å²) in [5.41, 5.74) is 1.77. The predicted molar refractivity (Wildman–Crippen MR) is 91.9 cm³/mol. The van der Waals surface area contributed by atoms with Crippen LogP contribution in [0.5, 0.6) is 11.5 Å². The van der Waals surface area contributed by atoms with Crippen molar-refractivity contribution >= 4 is 10.0 Å². The zero-order chi connectivity index (χ0) is 17.9. The normalized spacial score (nSPS) is 14.1. The lowest BCUT2D eigenvalue weighted by Gasteiger charge is -2.11. The fraction of sp³-hybridized carbons (Fsp3) is 0.278. The Morgan fingerprint density at radius 1 is 1.16 bits per heavy atom. The molecule has 2 aromatic rings. The zero-order valence-electron chi connectivity index (χ0n) is 13.7. The minimum absolute atomic E-state index is 0.170. The molecule has 6 nitrogen and oxygen atoms in total. The summed E-state index contributed by atoms with van der Waals surface area (Å²) in [5.74, 6) is 0.828. The molecular weight excluding hydrogens is 340 g/mol. The number of sulfonamides is 1. The van der Waals surface area contributed by atoms with Crippen LogP contribution in [0.2, 0.25) is 0 Å². The number of nitriles is 1. The molecule has 2 aromatic carbocycles. The number of nitrogens with one attached hydrogen (secondary N) is 1. The zero-order valence-corrected chi connectivity index (χ0v) is 14.5. The number of hydrogen-bond donors (Lipinski definition) is 1. The van der Waals surface area contributed by atoms with Crippen LogP contribution < -0.4 is 14.2 Å². The topological polar surface area (TPSA) is 88.4 Å². The standard InChI is InChI=1S/C18H18N2O4S/c1-13-2-5-16(6-3-13)25(21,22)20-9-8-15(11-19)14-4-7-17-18(10-14)24-12-23-17/h2-7,10,15,20H,8-9,12H2,1H3. The fourth-order valence-electron chi connectivity index (χ4n) is 2.57. The van der Waals surface area contributed by atoms with Crippen LogP contribution in [0.1, 0.15) is 23.5 Å². The third-order valence-corrected chi connectivity index (χ3v) is 5.49. The molecule has 7 heteroatoms. The second-order valence-corrected chi connectivity index (χ2v) is 7.56. The van der Waals surface area contributed by atoms with E-state index in [1.165, 1.54) is 0 Å². The van der Waals surface area contributed by atoms with Crippen molar-refractivity contribution in [3.8, 4) is 17.6 Å². The molecule has 0 bridgehead atoms. The van der Waals surface area contributed by atoms with Crippen molar-refractivity contribution in [1.29, 1.82) is 5.26 Å². The number of fused-ring (bicyclic) bond motifs is 1. The van der Waals surface area contributed by atoms with E-state index in [1.54, 1.807) is 42.5 Å². The summed E-state index contributed by atoms with van der Waals surface area (Å²) in [6, 6.07) is 14.2. The van der Waals surface area contributed by atoms with Crippen molar-refractivity contribution < 1.29 is 17.9 Å². The Balaban J connectivity index is 1.64. The molecule has 0 aromatic heterocycles. The lowest BCUT2D eigenvalue weighted by Crippen LogP contribution is -2.25. The maximum Gasteiger partial charge on any atom is 0.240 e. The molecule has 0 fully saturated rings. The number of nitrogens with zero attached hydrogens (tertiary/aromatic N) is 1. The van der Waals surface area contributed by atoms with Gasteiger partial charge in [-0.2, -0.15) is 5.26 Å². The molecular formula is C18H18N2O4S. The molecule has 3 rings (SSSR count). The molecule has 0 saturated carbocycles. The summed E-state index contributed by atoms with van der Waals surface area (Å²) in [5, 5.41) is 9.41. The van der Waals surface area contributed by atoms with Gasteiger partial charge in [0.2, 0.25) is 16.8 Å². The first kappa shape index (κ1) is 17.3. The average Bonchev–Trinajstić information content (AvgIpc) is 3.07. The summed E-state index contributed by atoms with van der Waals surface area (Å²) in [6.07, 6.45) is 0.362. The number of hydrogen-bond acceptors (Lipinski definition) is 5. The molecule has 130 valence electrons. The Morgan fingerprint density at radius 3 is 2.60 bits per heavy atom. The van der Waals surface area contributed by atoms with E-state index in [0.717, 1.165) is 11.1 Å². The van der Waals surface area contributed by atoms with Crippen LogP contribution in [0.25, 0.3) is 0 Å². The first-order chi connectivity index (χ1) is 12.0. The maximum absolute atomic E-state index is 12.3. The molecule has 1 unspecified atom stereocenters. The summed E-state index contributed by atoms with van der Waals surface area (Å²) < 4.78 is 37.7. The molecule has 0 amide bonds. The van der Waals surface area contributed by atoms with E-state index < -0.39 is 15.9 Å². The Bertz CT molecular complexity index is 902. The Morgan fingerprint density at radius 2 is 1.88 bits per heavy atom. The van der Waals surface area contributed by atoms with Crippen molar-refractivity contribution in [1.82, 2.24) is 4.72 Å². The molecule has 1 heterocycles. The number of benzene rings is 2. The van der Waals surface area contributed by atoms with E-state index >= 15 is 0 Å². The summed E-state index contributed by atoms with van der Waals surface area (Å²) >= 11 is 0. The van der Waals surface area contributed by atoms with E-state index in [-0.39, 0.29) is 18.2 Å². The van der Waals surface area contributed by atoms with Crippen molar-refractivity contribution in [2.45, 2.75) is 24.2 Å². The lowest BCUT2D eigenvalue weighted by molar-refractivity contribution is 0.174. The van der Waals surface area contributed by atoms with Gasteiger partial charge < -0.3 is 9.47 Å². The van der Waals surface area contributed by atoms with Crippen LogP contribution in [0.4, 0.5) is 0 Å². The number of aryl methyl sites for hydroxylation is 1. The van der Waals surface area contributed by atoms with Gasteiger partial charge in [-0.25, -0.2) is 13.1 Å². The maximum atomic E-state index is 12.3. The van der Waals surface area contributed by atoms with Crippen molar-refractivity contribution in [3.63, 3.8) is 0 Å². The molecule has 1 N–H and O–H groups in total.